The standard InChI is InChI=1S/C26H28N2O3S/c1-18-7-9-19(10-8-18)11-12-23(29)28-25-24(26(30)31-21-5-3-2-4-6-21)22(17-32-25)20-13-15-27-16-14-20/h7-10,13-17,21H,2-6,11-12H2,1H3,(H,28,29). The fourth-order valence-electron chi connectivity index (χ4n) is 3.99. The van der Waals surface area contributed by atoms with Crippen molar-refractivity contribution in [2.45, 2.75) is 58.0 Å². The van der Waals surface area contributed by atoms with Crippen molar-refractivity contribution in [3.8, 4) is 11.1 Å². The molecular weight excluding hydrogens is 420 g/mol. The fourth-order valence-corrected chi connectivity index (χ4v) is 4.97. The van der Waals surface area contributed by atoms with E-state index in [1.165, 1.54) is 23.3 Å². The molecule has 0 radical (unpaired) electrons. The largest absolute Gasteiger partial charge is 0.459 e. The number of hydrogen-bond donors (Lipinski definition) is 1. The van der Waals surface area contributed by atoms with Gasteiger partial charge in [-0.25, -0.2) is 4.79 Å². The first-order valence-corrected chi connectivity index (χ1v) is 12.1. The van der Waals surface area contributed by atoms with Crippen molar-refractivity contribution < 1.29 is 14.3 Å². The van der Waals surface area contributed by atoms with Crippen molar-refractivity contribution >= 4 is 28.2 Å². The van der Waals surface area contributed by atoms with Crippen LogP contribution in [0.15, 0.2) is 54.2 Å². The molecule has 0 spiro atoms. The van der Waals surface area contributed by atoms with Crippen molar-refractivity contribution in [3.05, 3.63) is 70.9 Å². The van der Waals surface area contributed by atoms with Crippen molar-refractivity contribution in [1.29, 1.82) is 0 Å². The van der Waals surface area contributed by atoms with Gasteiger partial charge >= 0.3 is 5.97 Å². The molecule has 0 aliphatic heterocycles. The minimum Gasteiger partial charge on any atom is -0.459 e. The van der Waals surface area contributed by atoms with Crippen LogP contribution < -0.4 is 5.32 Å². The quantitative estimate of drug-likeness (QED) is 0.438. The Morgan fingerprint density at radius 2 is 1.78 bits per heavy atom. The van der Waals surface area contributed by atoms with Gasteiger partial charge in [0, 0.05) is 29.8 Å². The van der Waals surface area contributed by atoms with Crippen LogP contribution in [0.2, 0.25) is 0 Å². The number of nitrogens with zero attached hydrogens (tertiary/aromatic N) is 1. The number of amides is 1. The lowest BCUT2D eigenvalue weighted by Gasteiger charge is -2.22. The number of carbonyl (C=O) groups is 2. The number of thiophene rings is 1. The first-order valence-electron chi connectivity index (χ1n) is 11.2. The van der Waals surface area contributed by atoms with Crippen LogP contribution in [0.5, 0.6) is 0 Å². The highest BCUT2D eigenvalue weighted by Gasteiger charge is 2.26. The molecule has 6 heteroatoms. The monoisotopic (exact) mass is 448 g/mol. The predicted octanol–water partition coefficient (Wildman–Crippen LogP) is 6.18. The molecule has 1 aliphatic carbocycles. The van der Waals surface area contributed by atoms with Crippen LogP contribution in [0.3, 0.4) is 0 Å². The molecule has 166 valence electrons. The summed E-state index contributed by atoms with van der Waals surface area (Å²) in [6.45, 7) is 2.04. The molecule has 0 saturated heterocycles. The van der Waals surface area contributed by atoms with Crippen LogP contribution in [0.1, 0.15) is 60.0 Å². The number of aryl methyl sites for hydroxylation is 2. The molecule has 1 fully saturated rings. The van der Waals surface area contributed by atoms with Crippen LogP contribution in [0.25, 0.3) is 11.1 Å². The van der Waals surface area contributed by atoms with Crippen molar-refractivity contribution in [2.24, 2.45) is 0 Å². The molecule has 1 saturated carbocycles. The van der Waals surface area contributed by atoms with Gasteiger partial charge in [-0.2, -0.15) is 0 Å². The second-order valence-corrected chi connectivity index (χ2v) is 9.17. The third kappa shape index (κ3) is 5.62. The third-order valence-electron chi connectivity index (χ3n) is 5.83. The predicted molar refractivity (Wildman–Crippen MR) is 128 cm³/mol. The maximum absolute atomic E-state index is 13.2. The van der Waals surface area contributed by atoms with Gasteiger partial charge in [-0.15, -0.1) is 11.3 Å². The molecule has 1 aromatic carbocycles. The van der Waals surface area contributed by atoms with E-state index in [4.69, 9.17) is 4.74 Å². The van der Waals surface area contributed by atoms with Gasteiger partial charge in [0.15, 0.2) is 0 Å². The first-order chi connectivity index (χ1) is 15.6. The van der Waals surface area contributed by atoms with E-state index in [0.29, 0.717) is 23.4 Å². The van der Waals surface area contributed by atoms with E-state index in [0.717, 1.165) is 42.4 Å². The normalized spacial score (nSPS) is 14.2. The van der Waals surface area contributed by atoms with E-state index in [2.05, 4.69) is 10.3 Å². The zero-order valence-corrected chi connectivity index (χ0v) is 19.1. The maximum Gasteiger partial charge on any atom is 0.342 e. The van der Waals surface area contributed by atoms with Crippen molar-refractivity contribution in [2.75, 3.05) is 5.32 Å². The SMILES string of the molecule is Cc1ccc(CCC(=O)Nc2scc(-c3ccncc3)c2C(=O)OC2CCCCC2)cc1. The lowest BCUT2D eigenvalue weighted by Crippen LogP contribution is -2.22. The number of aromatic nitrogens is 1. The minimum absolute atomic E-state index is 0.0495. The zero-order valence-electron chi connectivity index (χ0n) is 18.3. The fraction of sp³-hybridized carbons (Fsp3) is 0.346. The number of benzene rings is 1. The summed E-state index contributed by atoms with van der Waals surface area (Å²) in [4.78, 5) is 30.0. The first kappa shape index (κ1) is 22.2. The van der Waals surface area contributed by atoms with E-state index < -0.39 is 0 Å². The Kier molecular flexibility index (Phi) is 7.32. The Morgan fingerprint density at radius 3 is 2.50 bits per heavy atom. The highest BCUT2D eigenvalue weighted by Crippen LogP contribution is 2.37. The van der Waals surface area contributed by atoms with Crippen LogP contribution in [-0.4, -0.2) is 23.0 Å². The second kappa shape index (κ2) is 10.6. The summed E-state index contributed by atoms with van der Waals surface area (Å²) in [7, 11) is 0. The molecule has 2 heterocycles. The lowest BCUT2D eigenvalue weighted by atomic mass is 9.97. The topological polar surface area (TPSA) is 68.3 Å². The number of esters is 1. The summed E-state index contributed by atoms with van der Waals surface area (Å²) >= 11 is 1.36. The third-order valence-corrected chi connectivity index (χ3v) is 6.72. The molecule has 1 N–H and O–H groups in total. The summed E-state index contributed by atoms with van der Waals surface area (Å²) in [5.74, 6) is -0.473. The van der Waals surface area contributed by atoms with E-state index >= 15 is 0 Å². The number of nitrogens with one attached hydrogen (secondary N) is 1. The highest BCUT2D eigenvalue weighted by molar-refractivity contribution is 7.15. The Labute approximate surface area is 192 Å². The van der Waals surface area contributed by atoms with Gasteiger partial charge in [0.2, 0.25) is 5.91 Å². The molecule has 5 nitrogen and oxygen atoms in total. The number of rotatable bonds is 7. The van der Waals surface area contributed by atoms with E-state index in [-0.39, 0.29) is 18.0 Å². The van der Waals surface area contributed by atoms with Gasteiger partial charge in [-0.05, 0) is 62.3 Å². The van der Waals surface area contributed by atoms with Crippen LogP contribution >= 0.6 is 11.3 Å². The number of carbonyl (C=O) groups excluding carboxylic acids is 2. The molecule has 32 heavy (non-hydrogen) atoms. The number of pyridine rings is 1. The summed E-state index contributed by atoms with van der Waals surface area (Å²) < 4.78 is 5.86. The Morgan fingerprint density at radius 1 is 1.06 bits per heavy atom. The van der Waals surface area contributed by atoms with Crippen molar-refractivity contribution in [3.63, 3.8) is 0 Å². The lowest BCUT2D eigenvalue weighted by molar-refractivity contribution is -0.116. The van der Waals surface area contributed by atoms with Crippen molar-refractivity contribution in [1.82, 2.24) is 4.98 Å². The van der Waals surface area contributed by atoms with E-state index in [1.54, 1.807) is 12.4 Å². The molecular formula is C26H28N2O3S. The van der Waals surface area contributed by atoms with Gasteiger partial charge in [0.1, 0.15) is 16.7 Å². The highest BCUT2D eigenvalue weighted by atomic mass is 32.1. The minimum atomic E-state index is -0.362. The Balaban J connectivity index is 1.51. The summed E-state index contributed by atoms with van der Waals surface area (Å²) in [5, 5.41) is 5.42. The smallest absolute Gasteiger partial charge is 0.342 e. The summed E-state index contributed by atoms with van der Waals surface area (Å²) in [5.41, 5.74) is 4.40. The van der Waals surface area contributed by atoms with Gasteiger partial charge in [-0.3, -0.25) is 9.78 Å². The number of hydrogen-bond acceptors (Lipinski definition) is 5. The van der Waals surface area contributed by atoms with Crippen LogP contribution in [0, 0.1) is 6.92 Å². The number of anilines is 1. The second-order valence-electron chi connectivity index (χ2n) is 8.29. The molecule has 1 amide bonds. The summed E-state index contributed by atoms with van der Waals surface area (Å²) in [6, 6.07) is 11.9. The molecule has 1 aliphatic rings. The van der Waals surface area contributed by atoms with Crippen LogP contribution in [0.4, 0.5) is 5.00 Å². The summed E-state index contributed by atoms with van der Waals surface area (Å²) in [6.07, 6.45) is 9.51. The Bertz CT molecular complexity index is 1050. The van der Waals surface area contributed by atoms with Gasteiger partial charge in [0.05, 0.1) is 0 Å². The average Bonchev–Trinajstić information content (AvgIpc) is 3.23. The van der Waals surface area contributed by atoms with E-state index in [9.17, 15) is 9.59 Å². The zero-order chi connectivity index (χ0) is 22.3. The molecule has 2 aromatic heterocycles. The maximum atomic E-state index is 13.2. The Hall–Kier alpha value is -2.99. The average molecular weight is 449 g/mol. The van der Waals surface area contributed by atoms with Gasteiger partial charge in [-0.1, -0.05) is 36.2 Å². The molecule has 0 bridgehead atoms. The number of ether oxygens (including phenoxy) is 1. The van der Waals surface area contributed by atoms with Crippen LogP contribution in [-0.2, 0) is 16.0 Å². The van der Waals surface area contributed by atoms with Gasteiger partial charge in [0.25, 0.3) is 0 Å². The molecule has 4 rings (SSSR count). The molecule has 0 unspecified atom stereocenters. The molecule has 3 aromatic rings. The molecule has 0 atom stereocenters. The van der Waals surface area contributed by atoms with Gasteiger partial charge < -0.3 is 10.1 Å². The van der Waals surface area contributed by atoms with E-state index in [1.807, 2.05) is 48.7 Å².